The van der Waals surface area contributed by atoms with E-state index in [9.17, 15) is 0 Å². The van der Waals surface area contributed by atoms with Gasteiger partial charge < -0.3 is 5.73 Å². The fourth-order valence-corrected chi connectivity index (χ4v) is 3.97. The minimum absolute atomic E-state index is 0.116. The van der Waals surface area contributed by atoms with Gasteiger partial charge in [-0.15, -0.1) is 11.8 Å². The lowest BCUT2D eigenvalue weighted by Gasteiger charge is -2.20. The number of fused-ring (bicyclic) bond motifs is 2. The van der Waals surface area contributed by atoms with Gasteiger partial charge in [-0.25, -0.2) is 0 Å². The highest BCUT2D eigenvalue weighted by atomic mass is 35.5. The SMILES string of the molecule is NCNC1c2ccccc2CSc2c(Cl)cccc21. The van der Waals surface area contributed by atoms with Crippen LogP contribution >= 0.6 is 23.4 Å². The minimum atomic E-state index is 0.116. The number of nitrogens with two attached hydrogens (primary N) is 1. The standard InChI is InChI=1S/C15H15ClN2S/c16-13-7-3-6-12-14(18-9-17)11-5-2-1-4-10(11)8-19-15(12)13/h1-7,14,18H,8-9,17H2. The third-order valence-electron chi connectivity index (χ3n) is 3.37. The van der Waals surface area contributed by atoms with Gasteiger partial charge in [0.25, 0.3) is 0 Å². The summed E-state index contributed by atoms with van der Waals surface area (Å²) in [7, 11) is 0. The zero-order chi connectivity index (χ0) is 13.2. The molecule has 0 fully saturated rings. The monoisotopic (exact) mass is 290 g/mol. The number of thioether (sulfide) groups is 1. The van der Waals surface area contributed by atoms with Crippen molar-refractivity contribution in [1.29, 1.82) is 0 Å². The molecule has 1 aliphatic rings. The summed E-state index contributed by atoms with van der Waals surface area (Å²) in [6, 6.07) is 14.7. The van der Waals surface area contributed by atoms with Gasteiger partial charge in [-0.3, -0.25) is 5.32 Å². The molecule has 19 heavy (non-hydrogen) atoms. The van der Waals surface area contributed by atoms with Crippen molar-refractivity contribution in [3.8, 4) is 0 Å². The van der Waals surface area contributed by atoms with Crippen molar-refractivity contribution in [3.05, 3.63) is 64.2 Å². The van der Waals surface area contributed by atoms with Crippen LogP contribution in [0.25, 0.3) is 0 Å². The predicted octanol–water partition coefficient (Wildman–Crippen LogP) is 3.54. The Balaban J connectivity index is 2.18. The lowest BCUT2D eigenvalue weighted by molar-refractivity contribution is 0.610. The van der Waals surface area contributed by atoms with Crippen LogP contribution in [0.1, 0.15) is 22.7 Å². The van der Waals surface area contributed by atoms with Crippen LogP contribution in [0.3, 0.4) is 0 Å². The Kier molecular flexibility index (Phi) is 3.80. The second kappa shape index (κ2) is 5.55. The van der Waals surface area contributed by atoms with Crippen molar-refractivity contribution in [3.63, 3.8) is 0 Å². The summed E-state index contributed by atoms with van der Waals surface area (Å²) in [5.41, 5.74) is 9.56. The Hall–Kier alpha value is -1.00. The van der Waals surface area contributed by atoms with Gasteiger partial charge in [-0.05, 0) is 22.8 Å². The Morgan fingerprint density at radius 1 is 1.16 bits per heavy atom. The van der Waals surface area contributed by atoms with Crippen LogP contribution in [-0.4, -0.2) is 6.67 Å². The molecule has 1 atom stereocenters. The maximum atomic E-state index is 6.34. The van der Waals surface area contributed by atoms with Crippen molar-refractivity contribution in [2.75, 3.05) is 6.67 Å². The van der Waals surface area contributed by atoms with Crippen LogP contribution in [0.4, 0.5) is 0 Å². The molecule has 0 radical (unpaired) electrons. The molecule has 1 unspecified atom stereocenters. The van der Waals surface area contributed by atoms with Crippen LogP contribution in [0.15, 0.2) is 47.4 Å². The highest BCUT2D eigenvalue weighted by molar-refractivity contribution is 7.98. The third kappa shape index (κ3) is 2.39. The first-order valence-electron chi connectivity index (χ1n) is 6.23. The van der Waals surface area contributed by atoms with Gasteiger partial charge in [0.15, 0.2) is 0 Å². The summed E-state index contributed by atoms with van der Waals surface area (Å²) < 4.78 is 0. The number of hydrogen-bond acceptors (Lipinski definition) is 3. The second-order valence-corrected chi connectivity index (χ2v) is 5.88. The molecule has 0 saturated heterocycles. The van der Waals surface area contributed by atoms with E-state index in [4.69, 9.17) is 17.3 Å². The molecule has 0 aromatic heterocycles. The highest BCUT2D eigenvalue weighted by Crippen LogP contribution is 2.42. The van der Waals surface area contributed by atoms with Gasteiger partial charge in [0.05, 0.1) is 11.1 Å². The first-order chi connectivity index (χ1) is 9.31. The first kappa shape index (κ1) is 13.0. The quantitative estimate of drug-likeness (QED) is 0.831. The molecule has 4 heteroatoms. The average Bonchev–Trinajstić information content (AvgIpc) is 2.59. The number of halogens is 1. The van der Waals surface area contributed by atoms with Crippen LogP contribution in [0.2, 0.25) is 5.02 Å². The van der Waals surface area contributed by atoms with E-state index in [2.05, 4.69) is 35.6 Å². The molecule has 1 aliphatic heterocycles. The van der Waals surface area contributed by atoms with E-state index in [1.54, 1.807) is 11.8 Å². The van der Waals surface area contributed by atoms with E-state index in [0.29, 0.717) is 6.67 Å². The molecule has 2 nitrogen and oxygen atoms in total. The summed E-state index contributed by atoms with van der Waals surface area (Å²) in [5.74, 6) is 0.940. The molecule has 2 aromatic carbocycles. The molecule has 2 aromatic rings. The van der Waals surface area contributed by atoms with Gasteiger partial charge in [0.2, 0.25) is 0 Å². The van der Waals surface area contributed by atoms with Crippen LogP contribution in [0, 0.1) is 0 Å². The summed E-state index contributed by atoms with van der Waals surface area (Å²) in [5, 5.41) is 4.19. The zero-order valence-corrected chi connectivity index (χ0v) is 12.0. The third-order valence-corrected chi connectivity index (χ3v) is 5.00. The van der Waals surface area contributed by atoms with Crippen LogP contribution < -0.4 is 11.1 Å². The van der Waals surface area contributed by atoms with E-state index in [1.165, 1.54) is 16.7 Å². The maximum absolute atomic E-state index is 6.34. The summed E-state index contributed by atoms with van der Waals surface area (Å²) >= 11 is 8.14. The maximum Gasteiger partial charge on any atom is 0.0601 e. The second-order valence-electron chi connectivity index (χ2n) is 4.49. The summed E-state index contributed by atoms with van der Waals surface area (Å²) in [4.78, 5) is 1.16. The summed E-state index contributed by atoms with van der Waals surface area (Å²) in [6.45, 7) is 0.440. The molecular formula is C15H15ClN2S. The van der Waals surface area contributed by atoms with E-state index in [-0.39, 0.29) is 6.04 Å². The first-order valence-corrected chi connectivity index (χ1v) is 7.60. The van der Waals surface area contributed by atoms with Gasteiger partial charge in [-0.1, -0.05) is 48.0 Å². The number of nitrogens with one attached hydrogen (secondary N) is 1. The largest absolute Gasteiger partial charge is 0.318 e. The molecule has 3 rings (SSSR count). The Bertz CT molecular complexity index is 600. The Morgan fingerprint density at radius 3 is 2.79 bits per heavy atom. The van der Waals surface area contributed by atoms with Crippen molar-refractivity contribution < 1.29 is 0 Å². The van der Waals surface area contributed by atoms with Crippen molar-refractivity contribution in [2.45, 2.75) is 16.7 Å². The smallest absolute Gasteiger partial charge is 0.0601 e. The molecular weight excluding hydrogens is 276 g/mol. The summed E-state index contributed by atoms with van der Waals surface area (Å²) in [6.07, 6.45) is 0. The average molecular weight is 291 g/mol. The normalized spacial score (nSPS) is 17.5. The Labute approximate surface area is 122 Å². The molecule has 0 spiro atoms. The number of hydrogen-bond donors (Lipinski definition) is 2. The molecule has 0 saturated carbocycles. The number of benzene rings is 2. The topological polar surface area (TPSA) is 38.0 Å². The van der Waals surface area contributed by atoms with Crippen LogP contribution in [0.5, 0.6) is 0 Å². The molecule has 3 N–H and O–H groups in total. The van der Waals surface area contributed by atoms with Crippen molar-refractivity contribution in [2.24, 2.45) is 5.73 Å². The van der Waals surface area contributed by atoms with Gasteiger partial charge in [0.1, 0.15) is 0 Å². The lowest BCUT2D eigenvalue weighted by Crippen LogP contribution is -2.28. The van der Waals surface area contributed by atoms with E-state index in [1.807, 2.05) is 12.1 Å². The van der Waals surface area contributed by atoms with Crippen molar-refractivity contribution in [1.82, 2.24) is 5.32 Å². The van der Waals surface area contributed by atoms with Gasteiger partial charge in [-0.2, -0.15) is 0 Å². The van der Waals surface area contributed by atoms with E-state index >= 15 is 0 Å². The molecule has 0 aliphatic carbocycles. The van der Waals surface area contributed by atoms with Gasteiger partial charge >= 0.3 is 0 Å². The fourth-order valence-electron chi connectivity index (χ4n) is 2.51. The van der Waals surface area contributed by atoms with E-state index in [0.717, 1.165) is 15.7 Å². The fraction of sp³-hybridized carbons (Fsp3) is 0.200. The predicted molar refractivity (Wildman–Crippen MR) is 81.5 cm³/mol. The highest BCUT2D eigenvalue weighted by Gasteiger charge is 2.24. The Morgan fingerprint density at radius 2 is 1.95 bits per heavy atom. The van der Waals surface area contributed by atoms with Crippen LogP contribution in [-0.2, 0) is 5.75 Å². The number of rotatable bonds is 2. The minimum Gasteiger partial charge on any atom is -0.318 e. The molecule has 0 bridgehead atoms. The van der Waals surface area contributed by atoms with E-state index < -0.39 is 0 Å². The lowest BCUT2D eigenvalue weighted by atomic mass is 9.95. The van der Waals surface area contributed by atoms with Crippen molar-refractivity contribution >= 4 is 23.4 Å². The van der Waals surface area contributed by atoms with Gasteiger partial charge in [0, 0.05) is 17.3 Å². The molecule has 0 amide bonds. The zero-order valence-electron chi connectivity index (χ0n) is 10.4. The molecule has 1 heterocycles. The molecule has 98 valence electrons.